The maximum absolute atomic E-state index is 13.0. The number of piperidine rings is 1. The molecule has 2 aliphatic heterocycles. The quantitative estimate of drug-likeness (QED) is 0.0842. The molecule has 1 atom stereocenters. The molecule has 3 amide bonds. The van der Waals surface area contributed by atoms with Crippen LogP contribution in [0.1, 0.15) is 89.9 Å². The van der Waals surface area contributed by atoms with E-state index >= 15 is 0 Å². The van der Waals surface area contributed by atoms with Crippen LogP contribution in [0.15, 0.2) is 65.2 Å². The summed E-state index contributed by atoms with van der Waals surface area (Å²) < 4.78 is 5.49. The van der Waals surface area contributed by atoms with E-state index in [0.29, 0.717) is 18.5 Å². The molecule has 7 rings (SSSR count). The molecule has 1 unspecified atom stereocenters. The molecule has 10 nitrogen and oxygen atoms in total. The summed E-state index contributed by atoms with van der Waals surface area (Å²) in [6.45, 7) is 15.8. The highest BCUT2D eigenvalue weighted by Crippen LogP contribution is 2.50. The van der Waals surface area contributed by atoms with Crippen LogP contribution in [0.25, 0.3) is 16.0 Å². The minimum atomic E-state index is -0.608. The van der Waals surface area contributed by atoms with Gasteiger partial charge in [-0.15, -0.1) is 0 Å². The van der Waals surface area contributed by atoms with Crippen molar-refractivity contribution in [2.75, 3.05) is 23.3 Å². The lowest BCUT2D eigenvalue weighted by Crippen LogP contribution is -2.52. The van der Waals surface area contributed by atoms with E-state index in [0.717, 1.165) is 102 Å². The number of anilines is 3. The van der Waals surface area contributed by atoms with Gasteiger partial charge in [0, 0.05) is 72.6 Å². The fourth-order valence-electron chi connectivity index (χ4n) is 7.54. The zero-order valence-corrected chi connectivity index (χ0v) is 29.6. The number of carbonyl (C=O) groups excluding carboxylic acids is 3. The van der Waals surface area contributed by atoms with Crippen LogP contribution in [-0.2, 0) is 21.7 Å². The van der Waals surface area contributed by atoms with Gasteiger partial charge in [-0.1, -0.05) is 30.1 Å². The monoisotopic (exact) mass is 684 g/mol. The Kier molecular flexibility index (Phi) is 9.38. The third-order valence-corrected chi connectivity index (χ3v) is 10.6. The summed E-state index contributed by atoms with van der Waals surface area (Å²) in [6.07, 6.45) is 6.63. The standard InChI is InChI=1S/C41H44N6O4/c1-26-9-10-29(38-27(2)45-51-28(38)3)24-36(26)46(33-14-11-31(12-15-33)41(42-4)19-20-41)22-8-6-5-7-21-43-32-13-16-34-30(23-32)25-47(40(34)50)35-17-18-37(48)44-39(35)49/h9-16,23-24,35,43H,5-8,17-22,25H2,1-3H3,(H,44,48,49). The number of hydrogen-bond donors (Lipinski definition) is 2. The second kappa shape index (κ2) is 14.1. The number of carbonyl (C=O) groups is 3. The van der Waals surface area contributed by atoms with E-state index in [2.05, 4.69) is 74.9 Å². The largest absolute Gasteiger partial charge is 0.385 e. The molecule has 1 aliphatic carbocycles. The molecule has 4 aromatic rings. The van der Waals surface area contributed by atoms with Crippen molar-refractivity contribution in [3.05, 3.63) is 106 Å². The molecular formula is C41H44N6O4. The number of rotatable bonds is 13. The summed E-state index contributed by atoms with van der Waals surface area (Å²) in [4.78, 5) is 44.9. The number of fused-ring (bicyclic) bond motifs is 1. The van der Waals surface area contributed by atoms with Crippen molar-refractivity contribution in [3.8, 4) is 11.1 Å². The SMILES string of the molecule is [C-]#[N+]C1(c2ccc(N(CCCCCCNc3ccc4c(c3)CN(C3CCC(=O)NC3=O)C4=O)c3cc(-c4c(C)noc4C)ccc3C)cc2)CC1. The van der Waals surface area contributed by atoms with Crippen LogP contribution < -0.4 is 15.5 Å². The summed E-state index contributed by atoms with van der Waals surface area (Å²) in [5, 5.41) is 10.1. The molecular weight excluding hydrogens is 640 g/mol. The first-order valence-corrected chi connectivity index (χ1v) is 18.0. The fourth-order valence-corrected chi connectivity index (χ4v) is 7.54. The van der Waals surface area contributed by atoms with Crippen LogP contribution in [0, 0.1) is 27.3 Å². The molecule has 0 spiro atoms. The van der Waals surface area contributed by atoms with Crippen molar-refractivity contribution < 1.29 is 18.9 Å². The Balaban J connectivity index is 0.964. The van der Waals surface area contributed by atoms with Gasteiger partial charge in [0.25, 0.3) is 11.4 Å². The van der Waals surface area contributed by atoms with Crippen molar-refractivity contribution in [3.63, 3.8) is 0 Å². The lowest BCUT2D eigenvalue weighted by atomic mass is 10.00. The highest BCUT2D eigenvalue weighted by molar-refractivity contribution is 6.05. The molecule has 1 saturated carbocycles. The predicted molar refractivity (Wildman–Crippen MR) is 197 cm³/mol. The molecule has 3 aromatic carbocycles. The van der Waals surface area contributed by atoms with Gasteiger partial charge in [-0.3, -0.25) is 19.7 Å². The molecule has 3 aliphatic rings. The first kappa shape index (κ1) is 34.0. The zero-order chi connectivity index (χ0) is 35.7. The van der Waals surface area contributed by atoms with E-state index in [-0.39, 0.29) is 23.8 Å². The molecule has 51 heavy (non-hydrogen) atoms. The van der Waals surface area contributed by atoms with Gasteiger partial charge in [0.15, 0.2) is 0 Å². The van der Waals surface area contributed by atoms with Crippen LogP contribution in [0.2, 0.25) is 0 Å². The Morgan fingerprint density at radius 3 is 2.49 bits per heavy atom. The zero-order valence-electron chi connectivity index (χ0n) is 29.6. The average Bonchev–Trinajstić information content (AvgIpc) is 3.77. The van der Waals surface area contributed by atoms with Crippen molar-refractivity contribution >= 4 is 34.8 Å². The van der Waals surface area contributed by atoms with Crippen LogP contribution in [0.5, 0.6) is 0 Å². The van der Waals surface area contributed by atoms with E-state index in [1.54, 1.807) is 4.90 Å². The van der Waals surface area contributed by atoms with Crippen molar-refractivity contribution in [1.82, 2.24) is 15.4 Å². The second-order valence-corrected chi connectivity index (χ2v) is 14.2. The van der Waals surface area contributed by atoms with Crippen LogP contribution >= 0.6 is 0 Å². The van der Waals surface area contributed by atoms with Crippen molar-refractivity contribution in [2.45, 2.75) is 90.3 Å². The molecule has 2 N–H and O–H groups in total. The third kappa shape index (κ3) is 6.85. The van der Waals surface area contributed by atoms with Gasteiger partial charge in [-0.05, 0) is 105 Å². The molecule has 1 saturated heterocycles. The summed E-state index contributed by atoms with van der Waals surface area (Å²) in [7, 11) is 0. The first-order chi connectivity index (χ1) is 24.7. The van der Waals surface area contributed by atoms with Gasteiger partial charge in [0.2, 0.25) is 11.8 Å². The molecule has 2 fully saturated rings. The maximum atomic E-state index is 13.0. The number of nitrogens with zero attached hydrogens (tertiary/aromatic N) is 4. The number of unbranched alkanes of at least 4 members (excludes halogenated alkanes) is 3. The highest BCUT2D eigenvalue weighted by atomic mass is 16.5. The van der Waals surface area contributed by atoms with Crippen LogP contribution in [0.4, 0.5) is 17.1 Å². The second-order valence-electron chi connectivity index (χ2n) is 14.2. The van der Waals surface area contributed by atoms with Gasteiger partial charge in [0.05, 0.1) is 5.69 Å². The van der Waals surface area contributed by atoms with E-state index in [9.17, 15) is 14.4 Å². The van der Waals surface area contributed by atoms with E-state index in [1.165, 1.54) is 5.56 Å². The van der Waals surface area contributed by atoms with E-state index in [1.807, 2.05) is 32.0 Å². The minimum Gasteiger partial charge on any atom is -0.385 e. The number of nitrogens with one attached hydrogen (secondary N) is 2. The molecule has 262 valence electrons. The maximum Gasteiger partial charge on any atom is 0.258 e. The summed E-state index contributed by atoms with van der Waals surface area (Å²) in [5.74, 6) is -0.0242. The number of amides is 3. The smallest absolute Gasteiger partial charge is 0.258 e. The summed E-state index contributed by atoms with van der Waals surface area (Å²) in [5.41, 5.74) is 9.72. The number of imide groups is 1. The summed E-state index contributed by atoms with van der Waals surface area (Å²) >= 11 is 0. The molecule has 0 bridgehead atoms. The van der Waals surface area contributed by atoms with E-state index < -0.39 is 11.9 Å². The first-order valence-electron chi connectivity index (χ1n) is 18.0. The van der Waals surface area contributed by atoms with Crippen LogP contribution in [0.3, 0.4) is 0 Å². The molecule has 0 radical (unpaired) electrons. The van der Waals surface area contributed by atoms with Crippen molar-refractivity contribution in [1.29, 1.82) is 0 Å². The van der Waals surface area contributed by atoms with Gasteiger partial charge in [-0.2, -0.15) is 0 Å². The lowest BCUT2D eigenvalue weighted by Gasteiger charge is -2.29. The Bertz CT molecular complexity index is 2000. The number of hydrogen-bond acceptors (Lipinski definition) is 7. The number of aromatic nitrogens is 1. The molecule has 3 heterocycles. The van der Waals surface area contributed by atoms with E-state index in [4.69, 9.17) is 11.1 Å². The summed E-state index contributed by atoms with van der Waals surface area (Å²) in [6, 6.07) is 20.3. The molecule has 10 heteroatoms. The third-order valence-electron chi connectivity index (χ3n) is 10.6. The van der Waals surface area contributed by atoms with Crippen LogP contribution in [-0.4, -0.2) is 46.9 Å². The minimum absolute atomic E-state index is 0.156. The Hall–Kier alpha value is -5.43. The highest BCUT2D eigenvalue weighted by Gasteiger charge is 2.52. The van der Waals surface area contributed by atoms with Gasteiger partial charge in [0.1, 0.15) is 11.8 Å². The predicted octanol–water partition coefficient (Wildman–Crippen LogP) is 7.75. The van der Waals surface area contributed by atoms with Gasteiger partial charge >= 0.3 is 0 Å². The van der Waals surface area contributed by atoms with Crippen molar-refractivity contribution in [2.24, 2.45) is 0 Å². The normalized spacial score (nSPS) is 17.6. The topological polar surface area (TPSA) is 112 Å². The Morgan fingerprint density at radius 1 is 1.00 bits per heavy atom. The Labute approximate surface area is 299 Å². The fraction of sp³-hybridized carbons (Fsp3) is 0.390. The molecule has 1 aromatic heterocycles. The Morgan fingerprint density at radius 2 is 1.78 bits per heavy atom. The lowest BCUT2D eigenvalue weighted by molar-refractivity contribution is -0.136. The van der Waals surface area contributed by atoms with Gasteiger partial charge < -0.3 is 24.5 Å². The average molecular weight is 685 g/mol. The number of benzene rings is 3. The number of aryl methyl sites for hydroxylation is 3. The van der Waals surface area contributed by atoms with Gasteiger partial charge in [-0.25, -0.2) is 6.57 Å².